The van der Waals surface area contributed by atoms with Gasteiger partial charge < -0.3 is 19.8 Å². The van der Waals surface area contributed by atoms with E-state index >= 15 is 0 Å². The molecule has 0 amide bonds. The van der Waals surface area contributed by atoms with Crippen molar-refractivity contribution < 1.29 is 34.2 Å². The van der Waals surface area contributed by atoms with Gasteiger partial charge in [0.15, 0.2) is 0 Å². The molecule has 31 heavy (non-hydrogen) atoms. The van der Waals surface area contributed by atoms with Gasteiger partial charge in [-0.3, -0.25) is 14.4 Å². The van der Waals surface area contributed by atoms with E-state index in [1.54, 1.807) is 20.8 Å². The third-order valence-corrected chi connectivity index (χ3v) is 5.87. The van der Waals surface area contributed by atoms with Crippen LogP contribution in [0.15, 0.2) is 12.2 Å². The van der Waals surface area contributed by atoms with Crippen molar-refractivity contribution in [2.24, 2.45) is 17.8 Å². The summed E-state index contributed by atoms with van der Waals surface area (Å²) in [6.07, 6.45) is 13.0. The van der Waals surface area contributed by atoms with Crippen LogP contribution in [0.3, 0.4) is 0 Å². The Morgan fingerprint density at radius 3 is 1.48 bits per heavy atom. The van der Waals surface area contributed by atoms with Gasteiger partial charge >= 0.3 is 17.9 Å². The van der Waals surface area contributed by atoms with Crippen LogP contribution in [0.25, 0.3) is 0 Å². The SMILES string of the molecule is CCC/C=C/CCCCCCC[N+](CC(C)C(=O)O)(CC(C)C(=O)O)CC(C)C(=O)O. The first-order valence-electron chi connectivity index (χ1n) is 11.7. The Morgan fingerprint density at radius 2 is 1.06 bits per heavy atom. The largest absolute Gasteiger partial charge is 0.481 e. The van der Waals surface area contributed by atoms with Crippen molar-refractivity contribution in [1.82, 2.24) is 0 Å². The monoisotopic (exact) mass is 442 g/mol. The molecule has 3 N–H and O–H groups in total. The second-order valence-electron chi connectivity index (χ2n) is 9.15. The lowest BCUT2D eigenvalue weighted by Crippen LogP contribution is -2.57. The topological polar surface area (TPSA) is 112 Å². The standard InChI is InChI=1S/C24H43NO6/c1-5-6-7-8-9-10-11-12-13-14-15-25(16-19(2)22(26)27,17-20(3)23(28)29)18-21(4)24(30)31/h7-8,19-21H,5-6,9-18H2,1-4H3,(H2-,26,27,28,29,30,31)/p+1/b8-7+. The van der Waals surface area contributed by atoms with Crippen molar-refractivity contribution >= 4 is 17.9 Å². The van der Waals surface area contributed by atoms with Gasteiger partial charge in [-0.05, 0) is 52.9 Å². The minimum absolute atomic E-state index is 0.216. The Bertz CT molecular complexity index is 519. The molecule has 3 atom stereocenters. The number of aliphatic carboxylic acids is 3. The smallest absolute Gasteiger partial charge is 0.311 e. The molecule has 0 radical (unpaired) electrons. The van der Waals surface area contributed by atoms with Gasteiger partial charge in [-0.25, -0.2) is 0 Å². The third kappa shape index (κ3) is 13.2. The molecular formula is C24H44NO6+. The maximum absolute atomic E-state index is 11.5. The highest BCUT2D eigenvalue weighted by Crippen LogP contribution is 2.22. The number of rotatable bonds is 19. The summed E-state index contributed by atoms with van der Waals surface area (Å²) in [6.45, 7) is 8.32. The number of nitrogens with zero attached hydrogens (tertiary/aromatic N) is 1. The van der Waals surface area contributed by atoms with Crippen LogP contribution in [-0.4, -0.2) is 63.9 Å². The van der Waals surface area contributed by atoms with Gasteiger partial charge in [0.2, 0.25) is 0 Å². The van der Waals surface area contributed by atoms with Crippen molar-refractivity contribution in [3.05, 3.63) is 12.2 Å². The van der Waals surface area contributed by atoms with Crippen molar-refractivity contribution in [2.75, 3.05) is 26.2 Å². The fraction of sp³-hybridized carbons (Fsp3) is 0.792. The first-order chi connectivity index (χ1) is 14.5. The van der Waals surface area contributed by atoms with E-state index in [1.165, 1.54) is 0 Å². The molecule has 0 aromatic carbocycles. The molecule has 0 fully saturated rings. The van der Waals surface area contributed by atoms with E-state index in [9.17, 15) is 29.7 Å². The Hall–Kier alpha value is -1.89. The molecule has 0 bridgehead atoms. The minimum atomic E-state index is -0.940. The van der Waals surface area contributed by atoms with Gasteiger partial charge in [-0.2, -0.15) is 0 Å². The van der Waals surface area contributed by atoms with E-state index in [2.05, 4.69) is 19.1 Å². The molecule has 0 aliphatic rings. The lowest BCUT2D eigenvalue weighted by molar-refractivity contribution is -0.934. The third-order valence-electron chi connectivity index (χ3n) is 5.87. The highest BCUT2D eigenvalue weighted by Gasteiger charge is 2.38. The van der Waals surface area contributed by atoms with Crippen LogP contribution in [-0.2, 0) is 14.4 Å². The summed E-state index contributed by atoms with van der Waals surface area (Å²) in [5.41, 5.74) is 0. The zero-order valence-electron chi connectivity index (χ0n) is 19.9. The molecule has 180 valence electrons. The fourth-order valence-corrected chi connectivity index (χ4v) is 4.12. The van der Waals surface area contributed by atoms with Gasteiger partial charge in [-0.1, -0.05) is 38.3 Å². The number of allylic oxidation sites excluding steroid dienone is 2. The highest BCUT2D eigenvalue weighted by molar-refractivity contribution is 5.70. The summed E-state index contributed by atoms with van der Waals surface area (Å²) in [4.78, 5) is 34.5. The molecular weight excluding hydrogens is 398 g/mol. The number of hydrogen-bond acceptors (Lipinski definition) is 3. The van der Waals surface area contributed by atoms with Crippen molar-refractivity contribution in [3.8, 4) is 0 Å². The molecule has 3 unspecified atom stereocenters. The molecule has 0 aliphatic carbocycles. The second-order valence-corrected chi connectivity index (χ2v) is 9.15. The molecule has 0 rings (SSSR count). The maximum Gasteiger partial charge on any atom is 0.311 e. The quantitative estimate of drug-likeness (QED) is 0.152. The molecule has 0 aromatic rings. The normalized spacial score (nSPS) is 16.5. The van der Waals surface area contributed by atoms with Gasteiger partial charge in [0.25, 0.3) is 0 Å². The number of carboxylic acid groups (broad SMARTS) is 3. The zero-order chi connectivity index (χ0) is 23.9. The lowest BCUT2D eigenvalue weighted by atomic mass is 10.0. The summed E-state index contributed by atoms with van der Waals surface area (Å²) in [5, 5.41) is 28.3. The maximum atomic E-state index is 11.5. The van der Waals surface area contributed by atoms with Crippen LogP contribution < -0.4 is 0 Å². The number of quaternary nitrogens is 1. The number of carboxylic acids is 3. The summed E-state index contributed by atoms with van der Waals surface area (Å²) < 4.78 is 0.216. The van der Waals surface area contributed by atoms with Crippen molar-refractivity contribution in [2.45, 2.75) is 79.1 Å². The summed E-state index contributed by atoms with van der Waals surface area (Å²) in [7, 11) is 0. The van der Waals surface area contributed by atoms with Gasteiger partial charge in [-0.15, -0.1) is 0 Å². The summed E-state index contributed by atoms with van der Waals surface area (Å²) in [6, 6.07) is 0. The van der Waals surface area contributed by atoms with E-state index in [0.717, 1.165) is 51.4 Å². The minimum Gasteiger partial charge on any atom is -0.481 e. The van der Waals surface area contributed by atoms with E-state index in [1.807, 2.05) is 0 Å². The van der Waals surface area contributed by atoms with E-state index in [4.69, 9.17) is 0 Å². The molecule has 0 saturated carbocycles. The molecule has 0 aliphatic heterocycles. The van der Waals surface area contributed by atoms with Crippen LogP contribution in [0.4, 0.5) is 0 Å². The van der Waals surface area contributed by atoms with Crippen LogP contribution in [0.1, 0.15) is 79.1 Å². The Morgan fingerprint density at radius 1 is 0.677 bits per heavy atom. The first kappa shape index (κ1) is 29.1. The van der Waals surface area contributed by atoms with Crippen LogP contribution in [0.2, 0.25) is 0 Å². The van der Waals surface area contributed by atoms with Crippen molar-refractivity contribution in [1.29, 1.82) is 0 Å². The van der Waals surface area contributed by atoms with Crippen LogP contribution in [0.5, 0.6) is 0 Å². The Labute approximate surface area is 187 Å². The van der Waals surface area contributed by atoms with Gasteiger partial charge in [0.1, 0.15) is 17.8 Å². The van der Waals surface area contributed by atoms with Gasteiger partial charge in [0, 0.05) is 0 Å². The summed E-state index contributed by atoms with van der Waals surface area (Å²) in [5.74, 6) is -4.83. The molecule has 0 spiro atoms. The lowest BCUT2D eigenvalue weighted by Gasteiger charge is -2.42. The molecule has 7 nitrogen and oxygen atoms in total. The number of unbranched alkanes of at least 4 members (excludes halogenated alkanes) is 6. The Kier molecular flexibility index (Phi) is 14.9. The van der Waals surface area contributed by atoms with Gasteiger partial charge in [0.05, 0.1) is 26.2 Å². The van der Waals surface area contributed by atoms with Crippen LogP contribution >= 0.6 is 0 Å². The second kappa shape index (κ2) is 15.8. The molecule has 7 heteroatoms. The predicted octanol–water partition coefficient (Wildman–Crippen LogP) is 4.66. The average Bonchev–Trinajstić information content (AvgIpc) is 2.68. The zero-order valence-corrected chi connectivity index (χ0v) is 19.9. The van der Waals surface area contributed by atoms with E-state index in [0.29, 0.717) is 6.54 Å². The fourth-order valence-electron chi connectivity index (χ4n) is 4.12. The number of carbonyl (C=O) groups is 3. The Balaban J connectivity index is 5.05. The van der Waals surface area contributed by atoms with E-state index in [-0.39, 0.29) is 24.1 Å². The number of hydrogen-bond donors (Lipinski definition) is 3. The molecule has 0 saturated heterocycles. The van der Waals surface area contributed by atoms with E-state index < -0.39 is 35.7 Å². The molecule has 0 heterocycles. The molecule has 0 aromatic heterocycles. The summed E-state index contributed by atoms with van der Waals surface area (Å²) >= 11 is 0. The highest BCUT2D eigenvalue weighted by atomic mass is 16.4. The van der Waals surface area contributed by atoms with Crippen LogP contribution in [0, 0.1) is 17.8 Å². The van der Waals surface area contributed by atoms with Crippen molar-refractivity contribution in [3.63, 3.8) is 0 Å². The average molecular weight is 443 g/mol. The first-order valence-corrected chi connectivity index (χ1v) is 11.7. The predicted molar refractivity (Wildman–Crippen MR) is 122 cm³/mol.